The zero-order valence-electron chi connectivity index (χ0n) is 9.42. The predicted octanol–water partition coefficient (Wildman–Crippen LogP) is 3.41. The first-order valence-corrected chi connectivity index (χ1v) is 5.95. The van der Waals surface area contributed by atoms with Crippen LogP contribution in [0.2, 0.25) is 0 Å². The van der Waals surface area contributed by atoms with Gasteiger partial charge in [0.2, 0.25) is 0 Å². The van der Waals surface area contributed by atoms with Crippen LogP contribution < -0.4 is 10.5 Å². The molecule has 1 aromatic carbocycles. The third kappa shape index (κ3) is 5.39. The van der Waals surface area contributed by atoms with Crippen LogP contribution in [0.4, 0.5) is 4.39 Å². The number of benzene rings is 1. The summed E-state index contributed by atoms with van der Waals surface area (Å²) < 4.78 is 18.6. The molecule has 0 amide bonds. The summed E-state index contributed by atoms with van der Waals surface area (Å²) >= 11 is 11.1. The second-order valence-electron chi connectivity index (χ2n) is 3.82. The fraction of sp³-hybridized carbons (Fsp3) is 0.333. The van der Waals surface area contributed by atoms with Gasteiger partial charge in [0.25, 0.3) is 0 Å². The van der Waals surface area contributed by atoms with E-state index in [9.17, 15) is 4.39 Å². The van der Waals surface area contributed by atoms with Gasteiger partial charge in [-0.1, -0.05) is 23.2 Å². The summed E-state index contributed by atoms with van der Waals surface area (Å²) in [7, 11) is 0. The Kier molecular flexibility index (Phi) is 5.75. The van der Waals surface area contributed by atoms with Gasteiger partial charge in [0.1, 0.15) is 18.2 Å². The van der Waals surface area contributed by atoms with E-state index in [1.807, 2.05) is 6.92 Å². The monoisotopic (exact) mass is 277 g/mol. The molecule has 5 heteroatoms. The maximum Gasteiger partial charge on any atom is 0.127 e. The molecule has 94 valence electrons. The van der Waals surface area contributed by atoms with Gasteiger partial charge >= 0.3 is 0 Å². The normalized spacial score (nSPS) is 13.6. The highest BCUT2D eigenvalue weighted by atomic mass is 35.5. The molecule has 0 aromatic heterocycles. The number of nitrogens with two attached hydrogens (primary N) is 1. The summed E-state index contributed by atoms with van der Waals surface area (Å²) in [4.78, 5) is 0. The lowest BCUT2D eigenvalue weighted by Gasteiger charge is -2.09. The van der Waals surface area contributed by atoms with Crippen molar-refractivity contribution < 1.29 is 9.13 Å². The number of hydrogen-bond donors (Lipinski definition) is 1. The van der Waals surface area contributed by atoms with Crippen molar-refractivity contribution in [3.05, 3.63) is 40.1 Å². The molecule has 1 rings (SSSR count). The molecule has 0 radical (unpaired) electrons. The van der Waals surface area contributed by atoms with Crippen LogP contribution >= 0.6 is 23.2 Å². The van der Waals surface area contributed by atoms with Gasteiger partial charge in [-0.25, -0.2) is 4.39 Å². The Labute approximate surface area is 110 Å². The molecule has 1 unspecified atom stereocenters. The van der Waals surface area contributed by atoms with E-state index in [4.69, 9.17) is 33.7 Å². The highest BCUT2D eigenvalue weighted by Gasteiger charge is 2.04. The Morgan fingerprint density at radius 1 is 1.53 bits per heavy atom. The number of halogens is 3. The summed E-state index contributed by atoms with van der Waals surface area (Å²) in [5, 5.41) is 0.352. The standard InChI is InChI=1S/C12H14Cl2FNO/c1-8(16)2-9-3-11(15)5-12(4-9)17-7-10(14)6-13/h3-6,8H,2,7,16H2,1H3/b10-6-. The van der Waals surface area contributed by atoms with Crippen LogP contribution in [-0.4, -0.2) is 12.6 Å². The van der Waals surface area contributed by atoms with Gasteiger partial charge in [-0.05, 0) is 31.0 Å². The molecule has 0 heterocycles. The van der Waals surface area contributed by atoms with Crippen molar-refractivity contribution in [1.29, 1.82) is 0 Å². The van der Waals surface area contributed by atoms with Gasteiger partial charge in [-0.2, -0.15) is 0 Å². The number of hydrogen-bond acceptors (Lipinski definition) is 2. The topological polar surface area (TPSA) is 35.2 Å². The Balaban J connectivity index is 2.75. The minimum atomic E-state index is -0.357. The zero-order chi connectivity index (χ0) is 12.8. The Morgan fingerprint density at radius 3 is 2.82 bits per heavy atom. The average molecular weight is 278 g/mol. The highest BCUT2D eigenvalue weighted by Crippen LogP contribution is 2.18. The maximum atomic E-state index is 13.3. The van der Waals surface area contributed by atoms with Crippen LogP contribution in [0, 0.1) is 5.82 Å². The second-order valence-corrected chi connectivity index (χ2v) is 4.52. The van der Waals surface area contributed by atoms with E-state index in [1.165, 1.54) is 17.7 Å². The lowest BCUT2D eigenvalue weighted by molar-refractivity contribution is 0.356. The van der Waals surface area contributed by atoms with Crippen molar-refractivity contribution in [2.45, 2.75) is 19.4 Å². The predicted molar refractivity (Wildman–Crippen MR) is 69.0 cm³/mol. The van der Waals surface area contributed by atoms with Gasteiger partial charge < -0.3 is 10.5 Å². The Morgan fingerprint density at radius 2 is 2.24 bits per heavy atom. The van der Waals surface area contributed by atoms with E-state index >= 15 is 0 Å². The van der Waals surface area contributed by atoms with E-state index in [-0.39, 0.29) is 18.5 Å². The molecule has 1 atom stereocenters. The Hall–Kier alpha value is -0.770. The smallest absolute Gasteiger partial charge is 0.127 e. The largest absolute Gasteiger partial charge is 0.488 e. The van der Waals surface area contributed by atoms with Gasteiger partial charge in [0.15, 0.2) is 0 Å². The lowest BCUT2D eigenvalue weighted by atomic mass is 10.1. The van der Waals surface area contributed by atoms with E-state index in [2.05, 4.69) is 0 Å². The molecular formula is C12H14Cl2FNO. The summed E-state index contributed by atoms with van der Waals surface area (Å²) in [5.74, 6) is 0.0569. The molecule has 0 aliphatic rings. The fourth-order valence-electron chi connectivity index (χ4n) is 1.38. The quantitative estimate of drug-likeness (QED) is 0.895. The summed E-state index contributed by atoms with van der Waals surface area (Å²) in [6.07, 6.45) is 0.590. The first-order chi connectivity index (χ1) is 8.01. The van der Waals surface area contributed by atoms with Crippen LogP contribution in [0.1, 0.15) is 12.5 Å². The van der Waals surface area contributed by atoms with Crippen molar-refractivity contribution in [3.63, 3.8) is 0 Å². The molecule has 2 nitrogen and oxygen atoms in total. The van der Waals surface area contributed by atoms with E-state index in [0.29, 0.717) is 17.2 Å². The van der Waals surface area contributed by atoms with Crippen molar-refractivity contribution in [2.75, 3.05) is 6.61 Å². The molecule has 17 heavy (non-hydrogen) atoms. The van der Waals surface area contributed by atoms with Crippen LogP contribution in [0.15, 0.2) is 28.8 Å². The van der Waals surface area contributed by atoms with E-state index < -0.39 is 0 Å². The minimum absolute atomic E-state index is 0.0315. The molecule has 0 bridgehead atoms. The van der Waals surface area contributed by atoms with Gasteiger partial charge in [-0.3, -0.25) is 0 Å². The van der Waals surface area contributed by atoms with Crippen LogP contribution in [0.3, 0.4) is 0 Å². The van der Waals surface area contributed by atoms with Crippen LogP contribution in [-0.2, 0) is 6.42 Å². The highest BCUT2D eigenvalue weighted by molar-refractivity contribution is 6.36. The summed E-state index contributed by atoms with van der Waals surface area (Å²) in [6, 6.07) is 4.44. The third-order valence-corrected chi connectivity index (χ3v) is 2.58. The van der Waals surface area contributed by atoms with Crippen molar-refractivity contribution in [3.8, 4) is 5.75 Å². The number of rotatable bonds is 5. The van der Waals surface area contributed by atoms with Crippen molar-refractivity contribution in [1.82, 2.24) is 0 Å². The second kappa shape index (κ2) is 6.84. The molecule has 2 N–H and O–H groups in total. The molecular weight excluding hydrogens is 264 g/mol. The zero-order valence-corrected chi connectivity index (χ0v) is 10.9. The first kappa shape index (κ1) is 14.3. The van der Waals surface area contributed by atoms with Gasteiger partial charge in [0, 0.05) is 17.6 Å². The fourth-order valence-corrected chi connectivity index (χ4v) is 1.50. The molecule has 1 aromatic rings. The third-order valence-electron chi connectivity index (χ3n) is 1.98. The molecule has 0 saturated heterocycles. The molecule has 0 spiro atoms. The number of ether oxygens (including phenoxy) is 1. The van der Waals surface area contributed by atoms with Crippen molar-refractivity contribution >= 4 is 23.2 Å². The molecule has 0 saturated carbocycles. The SMILES string of the molecule is CC(N)Cc1cc(F)cc(OC/C(Cl)=C/Cl)c1. The van der Waals surface area contributed by atoms with Gasteiger partial charge in [-0.15, -0.1) is 0 Å². The lowest BCUT2D eigenvalue weighted by Crippen LogP contribution is -2.17. The Bertz CT molecular complexity index is 407. The summed E-state index contributed by atoms with van der Waals surface area (Å²) in [6.45, 7) is 1.98. The van der Waals surface area contributed by atoms with E-state index in [1.54, 1.807) is 6.07 Å². The molecule has 0 aliphatic carbocycles. The van der Waals surface area contributed by atoms with E-state index in [0.717, 1.165) is 5.56 Å². The minimum Gasteiger partial charge on any atom is -0.488 e. The van der Waals surface area contributed by atoms with Crippen LogP contribution in [0.5, 0.6) is 5.75 Å². The van der Waals surface area contributed by atoms with Gasteiger partial charge in [0.05, 0.1) is 5.03 Å². The molecule has 0 aliphatic heterocycles. The molecule has 0 fully saturated rings. The first-order valence-electron chi connectivity index (χ1n) is 5.14. The summed E-state index contributed by atoms with van der Waals surface area (Å²) in [5.41, 5.74) is 7.66. The maximum absolute atomic E-state index is 13.3. The van der Waals surface area contributed by atoms with Crippen LogP contribution in [0.25, 0.3) is 0 Å². The van der Waals surface area contributed by atoms with Crippen molar-refractivity contribution in [2.24, 2.45) is 5.73 Å². The average Bonchev–Trinajstić information content (AvgIpc) is 2.24.